The molecule has 1 aromatic rings. The van der Waals surface area contributed by atoms with E-state index in [0.717, 1.165) is 0 Å². The average Bonchev–Trinajstić information content (AvgIpc) is 2.02. The van der Waals surface area contributed by atoms with Crippen molar-refractivity contribution < 1.29 is 4.39 Å². The lowest BCUT2D eigenvalue weighted by atomic mass is 9.89. The molecule has 0 unspecified atom stereocenters. The molecule has 14 heavy (non-hydrogen) atoms. The third-order valence-corrected chi connectivity index (χ3v) is 2.42. The van der Waals surface area contributed by atoms with Gasteiger partial charge in [0.2, 0.25) is 0 Å². The molecule has 0 fully saturated rings. The summed E-state index contributed by atoms with van der Waals surface area (Å²) in [7, 11) is 0. The summed E-state index contributed by atoms with van der Waals surface area (Å²) in [6.45, 7) is 5.32. The van der Waals surface area contributed by atoms with E-state index in [1.807, 2.05) is 0 Å². The minimum atomic E-state index is -0.801. The summed E-state index contributed by atoms with van der Waals surface area (Å²) in [5, 5.41) is 0.358. The highest BCUT2D eigenvalue weighted by molar-refractivity contribution is 6.31. The fourth-order valence-corrected chi connectivity index (χ4v) is 1.82. The molecule has 0 aliphatic rings. The van der Waals surface area contributed by atoms with Crippen LogP contribution in [0.25, 0.3) is 0 Å². The number of halogens is 2. The molecular weight excluding hydrogens is 201 g/mol. The highest BCUT2D eigenvalue weighted by atomic mass is 35.5. The molecule has 1 nitrogen and oxygen atoms in total. The van der Waals surface area contributed by atoms with Crippen LogP contribution < -0.4 is 5.73 Å². The van der Waals surface area contributed by atoms with Gasteiger partial charge in [0.1, 0.15) is 5.82 Å². The zero-order valence-corrected chi connectivity index (χ0v) is 8.81. The Morgan fingerprint density at radius 2 is 2.29 bits per heavy atom. The molecule has 0 bridgehead atoms. The molecule has 2 N–H and O–H groups in total. The SMILES string of the molecule is C=CC[C@](C)(N)c1c(F)cccc1Cl. The van der Waals surface area contributed by atoms with Crippen molar-refractivity contribution in [3.8, 4) is 0 Å². The van der Waals surface area contributed by atoms with E-state index in [-0.39, 0.29) is 5.82 Å². The molecule has 0 radical (unpaired) electrons. The minimum absolute atomic E-state index is 0.349. The van der Waals surface area contributed by atoms with E-state index < -0.39 is 5.54 Å². The summed E-state index contributed by atoms with van der Waals surface area (Å²) in [5.74, 6) is -0.371. The van der Waals surface area contributed by atoms with E-state index in [1.54, 1.807) is 25.1 Å². The third kappa shape index (κ3) is 2.14. The van der Waals surface area contributed by atoms with Gasteiger partial charge in [0, 0.05) is 16.1 Å². The summed E-state index contributed by atoms with van der Waals surface area (Å²) in [5.41, 5.74) is 5.50. The van der Waals surface area contributed by atoms with Crippen LogP contribution in [0.2, 0.25) is 5.02 Å². The molecule has 3 heteroatoms. The predicted molar refractivity (Wildman–Crippen MR) is 57.8 cm³/mol. The second kappa shape index (κ2) is 4.11. The zero-order valence-electron chi connectivity index (χ0n) is 8.06. The van der Waals surface area contributed by atoms with E-state index in [4.69, 9.17) is 17.3 Å². The van der Waals surface area contributed by atoms with Crippen molar-refractivity contribution in [1.29, 1.82) is 0 Å². The van der Waals surface area contributed by atoms with Gasteiger partial charge >= 0.3 is 0 Å². The largest absolute Gasteiger partial charge is 0.321 e. The van der Waals surface area contributed by atoms with E-state index in [0.29, 0.717) is 17.0 Å². The van der Waals surface area contributed by atoms with Crippen molar-refractivity contribution in [3.05, 3.63) is 47.3 Å². The molecule has 1 aromatic carbocycles. The molecule has 76 valence electrons. The minimum Gasteiger partial charge on any atom is -0.321 e. The maximum Gasteiger partial charge on any atom is 0.129 e. The summed E-state index contributed by atoms with van der Waals surface area (Å²) in [4.78, 5) is 0. The molecule has 0 heterocycles. The lowest BCUT2D eigenvalue weighted by molar-refractivity contribution is 0.466. The molecule has 0 amide bonds. The van der Waals surface area contributed by atoms with Gasteiger partial charge < -0.3 is 5.73 Å². The highest BCUT2D eigenvalue weighted by Gasteiger charge is 2.25. The van der Waals surface area contributed by atoms with Crippen molar-refractivity contribution in [3.63, 3.8) is 0 Å². The van der Waals surface area contributed by atoms with Crippen LogP contribution in [0.15, 0.2) is 30.9 Å². The van der Waals surface area contributed by atoms with Crippen molar-refractivity contribution in [2.45, 2.75) is 18.9 Å². The summed E-state index contributed by atoms with van der Waals surface area (Å²) < 4.78 is 13.5. The topological polar surface area (TPSA) is 26.0 Å². The normalized spacial score (nSPS) is 14.9. The summed E-state index contributed by atoms with van der Waals surface area (Å²) in [6.07, 6.45) is 2.14. The lowest BCUT2D eigenvalue weighted by Crippen LogP contribution is -2.33. The van der Waals surface area contributed by atoms with Crippen LogP contribution in [0.4, 0.5) is 4.39 Å². The highest BCUT2D eigenvalue weighted by Crippen LogP contribution is 2.30. The van der Waals surface area contributed by atoms with Crippen LogP contribution in [0.3, 0.4) is 0 Å². The number of benzene rings is 1. The van der Waals surface area contributed by atoms with Crippen LogP contribution in [-0.2, 0) is 5.54 Å². The average molecular weight is 214 g/mol. The van der Waals surface area contributed by atoms with Crippen LogP contribution in [0.5, 0.6) is 0 Å². The Labute approximate surface area is 88.4 Å². The Hall–Kier alpha value is -0.860. The van der Waals surface area contributed by atoms with Gasteiger partial charge in [-0.3, -0.25) is 0 Å². The van der Waals surface area contributed by atoms with E-state index in [2.05, 4.69) is 6.58 Å². The predicted octanol–water partition coefficient (Wildman–Crippen LogP) is 3.23. The molecule has 0 aromatic heterocycles. The Kier molecular flexibility index (Phi) is 3.29. The van der Waals surface area contributed by atoms with Crippen molar-refractivity contribution in [2.75, 3.05) is 0 Å². The maximum absolute atomic E-state index is 13.5. The van der Waals surface area contributed by atoms with Gasteiger partial charge in [-0.2, -0.15) is 0 Å². The van der Waals surface area contributed by atoms with Crippen molar-refractivity contribution in [1.82, 2.24) is 0 Å². The molecule has 1 atom stereocenters. The second-order valence-electron chi connectivity index (χ2n) is 3.51. The van der Waals surface area contributed by atoms with Gasteiger partial charge in [-0.15, -0.1) is 6.58 Å². The van der Waals surface area contributed by atoms with E-state index in [1.165, 1.54) is 6.07 Å². The van der Waals surface area contributed by atoms with Gasteiger partial charge in [0.15, 0.2) is 0 Å². The number of hydrogen-bond acceptors (Lipinski definition) is 1. The van der Waals surface area contributed by atoms with Crippen LogP contribution in [-0.4, -0.2) is 0 Å². The van der Waals surface area contributed by atoms with Gasteiger partial charge in [-0.25, -0.2) is 4.39 Å². The molecule has 0 spiro atoms. The van der Waals surface area contributed by atoms with Crippen LogP contribution in [0.1, 0.15) is 18.9 Å². The molecule has 0 saturated heterocycles. The number of rotatable bonds is 3. The summed E-state index contributed by atoms with van der Waals surface area (Å²) >= 11 is 5.90. The quantitative estimate of drug-likeness (QED) is 0.767. The van der Waals surface area contributed by atoms with Crippen LogP contribution >= 0.6 is 11.6 Å². The van der Waals surface area contributed by atoms with Gasteiger partial charge in [-0.05, 0) is 25.5 Å². The van der Waals surface area contributed by atoms with Crippen LogP contribution in [0, 0.1) is 5.82 Å². The first-order valence-corrected chi connectivity index (χ1v) is 4.71. The van der Waals surface area contributed by atoms with Gasteiger partial charge in [-0.1, -0.05) is 23.7 Å². The summed E-state index contributed by atoms with van der Waals surface area (Å²) in [6, 6.07) is 4.55. The molecule has 0 aliphatic heterocycles. The third-order valence-electron chi connectivity index (χ3n) is 2.10. The fourth-order valence-electron chi connectivity index (χ4n) is 1.45. The Morgan fingerprint density at radius 3 is 2.79 bits per heavy atom. The van der Waals surface area contributed by atoms with E-state index >= 15 is 0 Å². The first kappa shape index (κ1) is 11.2. The zero-order chi connectivity index (χ0) is 10.8. The second-order valence-corrected chi connectivity index (χ2v) is 3.91. The molecule has 0 aliphatic carbocycles. The first-order chi connectivity index (χ1) is 6.49. The molecule has 0 saturated carbocycles. The van der Waals surface area contributed by atoms with E-state index in [9.17, 15) is 4.39 Å². The Balaban J connectivity index is 3.23. The number of hydrogen-bond donors (Lipinski definition) is 1. The van der Waals surface area contributed by atoms with Gasteiger partial charge in [0.05, 0.1) is 0 Å². The maximum atomic E-state index is 13.5. The monoisotopic (exact) mass is 213 g/mol. The first-order valence-electron chi connectivity index (χ1n) is 4.33. The lowest BCUT2D eigenvalue weighted by Gasteiger charge is -2.25. The van der Waals surface area contributed by atoms with Crippen molar-refractivity contribution in [2.24, 2.45) is 5.73 Å². The fraction of sp³-hybridized carbons (Fsp3) is 0.273. The Bertz CT molecular complexity index is 327. The molecule has 1 rings (SSSR count). The van der Waals surface area contributed by atoms with Gasteiger partial charge in [0.25, 0.3) is 0 Å². The standard InChI is InChI=1S/C11H13ClFN/c1-3-7-11(2,14)10-8(12)5-4-6-9(10)13/h3-6H,1,7,14H2,2H3/t11-/m0/s1. The van der Waals surface area contributed by atoms with Crippen molar-refractivity contribution >= 4 is 11.6 Å². The molecular formula is C11H13ClFN. The Morgan fingerprint density at radius 1 is 1.64 bits per heavy atom. The number of nitrogens with two attached hydrogens (primary N) is 1. The smallest absolute Gasteiger partial charge is 0.129 e.